The van der Waals surface area contributed by atoms with E-state index in [1.54, 1.807) is 6.08 Å². The van der Waals surface area contributed by atoms with Crippen molar-refractivity contribution in [2.24, 2.45) is 0 Å². The van der Waals surface area contributed by atoms with Crippen LogP contribution in [0, 0.1) is 0 Å². The van der Waals surface area contributed by atoms with Gasteiger partial charge in [0.25, 0.3) is 0 Å². The van der Waals surface area contributed by atoms with Crippen molar-refractivity contribution < 1.29 is 0 Å². The van der Waals surface area contributed by atoms with Crippen molar-refractivity contribution >= 4 is 64.9 Å². The monoisotopic (exact) mass is 891 g/mol. The van der Waals surface area contributed by atoms with Crippen LogP contribution < -0.4 is 5.32 Å². The van der Waals surface area contributed by atoms with Gasteiger partial charge in [-0.05, 0) is 84.6 Å². The van der Waals surface area contributed by atoms with Gasteiger partial charge < -0.3 is 15.3 Å². The van der Waals surface area contributed by atoms with Gasteiger partial charge in [-0.2, -0.15) is 0 Å². The van der Waals surface area contributed by atoms with Crippen LogP contribution in [0.2, 0.25) is 0 Å². The molecule has 14 heteroatoms. The lowest BCUT2D eigenvalue weighted by molar-refractivity contribution is 0.977. The Balaban J connectivity index is 0.000000141. The minimum absolute atomic E-state index is 0.627. The summed E-state index contributed by atoms with van der Waals surface area (Å²) in [4.78, 5) is 33.7. The molecule has 3 N–H and O–H groups in total. The molecule has 0 spiro atoms. The third kappa shape index (κ3) is 6.98. The third-order valence-corrected chi connectivity index (χ3v) is 10.7. The normalized spacial score (nSPS) is 14.0. The van der Waals surface area contributed by atoms with Crippen LogP contribution in [0.4, 0.5) is 5.82 Å². The molecule has 0 bridgehead atoms. The first kappa shape index (κ1) is 33.9. The molecule has 6 heterocycles. The van der Waals surface area contributed by atoms with E-state index in [9.17, 15) is 0 Å². The van der Waals surface area contributed by atoms with Gasteiger partial charge in [-0.15, -0.1) is 6.58 Å². The number of aromatic amines is 2. The van der Waals surface area contributed by atoms with Gasteiger partial charge in [-0.1, -0.05) is 54.6 Å². The standard InChI is InChI=1S/C21H19BrN6.C18H13Br2N5/c1-2-9-23-20-21-25-11-17(28(21)12-18(22)27-20)14-5-3-13(4-6-14)16-10-24-19(26-16)15-7-8-15;19-15-9-25-14(8-22-18(25)16(20)24-15)11-3-1-10(2-4-11)13-7-21-17(23-13)12-5-6-12/h2-6,10-12,15H,1,7-9H2,(H,23,27)(H,24,26);1-4,7-9,12H,5-6H2,(H,21,23). The molecule has 0 amide bonds. The SMILES string of the molecule is Brc1cn2c(-c3ccc(-c4cnc(C5CC5)[nH]4)cc3)cnc2c(Br)n1.C=CCNc1nc(Br)cn2c(-c3ccc(-c4cnc(C5CC5)[nH]4)cc3)cnc12. The zero-order valence-corrected chi connectivity index (χ0v) is 33.0. The first-order chi connectivity index (χ1) is 25.9. The Morgan fingerprint density at radius 3 is 1.62 bits per heavy atom. The molecular weight excluding hydrogens is 862 g/mol. The summed E-state index contributed by atoms with van der Waals surface area (Å²) in [5.74, 6) is 4.21. The Kier molecular flexibility index (Phi) is 9.04. The average Bonchev–Trinajstić information content (AvgIpc) is 3.97. The molecule has 53 heavy (non-hydrogen) atoms. The lowest BCUT2D eigenvalue weighted by Crippen LogP contribution is -2.04. The number of aromatic nitrogens is 10. The Morgan fingerprint density at radius 1 is 0.642 bits per heavy atom. The predicted molar refractivity (Wildman–Crippen MR) is 218 cm³/mol. The van der Waals surface area contributed by atoms with E-state index in [0.717, 1.165) is 87.6 Å². The van der Waals surface area contributed by atoms with Crippen molar-refractivity contribution in [3.05, 3.63) is 124 Å². The number of halogens is 3. The fraction of sp³-hybridized carbons (Fsp3) is 0.179. The summed E-state index contributed by atoms with van der Waals surface area (Å²) in [6.45, 7) is 4.37. The second-order valence-electron chi connectivity index (χ2n) is 13.2. The van der Waals surface area contributed by atoms with Crippen LogP contribution in [0.1, 0.15) is 49.2 Å². The second kappa shape index (κ2) is 14.1. The quantitative estimate of drug-likeness (QED) is 0.123. The Labute approximate surface area is 329 Å². The molecular formula is C39H32Br3N11. The van der Waals surface area contributed by atoms with Crippen molar-refractivity contribution in [3.63, 3.8) is 0 Å². The van der Waals surface area contributed by atoms with E-state index in [1.165, 1.54) is 25.7 Å². The highest BCUT2D eigenvalue weighted by atomic mass is 79.9. The van der Waals surface area contributed by atoms with Crippen LogP contribution >= 0.6 is 47.8 Å². The van der Waals surface area contributed by atoms with E-state index in [2.05, 4.69) is 148 Å². The number of nitrogens with one attached hydrogen (secondary N) is 3. The minimum Gasteiger partial charge on any atom is -0.363 e. The molecule has 6 aromatic heterocycles. The molecule has 8 aromatic rings. The topological polar surface area (TPSA) is 130 Å². The van der Waals surface area contributed by atoms with E-state index in [0.29, 0.717) is 18.4 Å². The van der Waals surface area contributed by atoms with Crippen molar-refractivity contribution in [2.45, 2.75) is 37.5 Å². The van der Waals surface area contributed by atoms with Crippen molar-refractivity contribution in [3.8, 4) is 45.0 Å². The van der Waals surface area contributed by atoms with E-state index >= 15 is 0 Å². The average molecular weight is 894 g/mol. The molecule has 11 nitrogen and oxygen atoms in total. The molecule has 264 valence electrons. The highest BCUT2D eigenvalue weighted by Gasteiger charge is 2.27. The number of H-pyrrole nitrogens is 2. The molecule has 0 aliphatic heterocycles. The van der Waals surface area contributed by atoms with Gasteiger partial charge in [0.15, 0.2) is 21.7 Å². The van der Waals surface area contributed by atoms with E-state index in [-0.39, 0.29) is 0 Å². The van der Waals surface area contributed by atoms with Crippen LogP contribution in [0.3, 0.4) is 0 Å². The lowest BCUT2D eigenvalue weighted by Gasteiger charge is -2.08. The number of benzene rings is 2. The van der Waals surface area contributed by atoms with Crippen molar-refractivity contribution in [1.82, 2.24) is 48.7 Å². The van der Waals surface area contributed by atoms with Gasteiger partial charge in [-0.25, -0.2) is 29.9 Å². The first-order valence-corrected chi connectivity index (χ1v) is 19.7. The molecule has 2 aliphatic rings. The van der Waals surface area contributed by atoms with Gasteiger partial charge in [0, 0.05) is 41.9 Å². The summed E-state index contributed by atoms with van der Waals surface area (Å²) >= 11 is 10.4. The number of nitrogens with zero attached hydrogens (tertiary/aromatic N) is 8. The molecule has 0 unspecified atom stereocenters. The van der Waals surface area contributed by atoms with Crippen molar-refractivity contribution in [1.29, 1.82) is 0 Å². The summed E-state index contributed by atoms with van der Waals surface area (Å²) in [5, 5.41) is 3.24. The van der Waals surface area contributed by atoms with E-state index < -0.39 is 0 Å². The maximum Gasteiger partial charge on any atom is 0.180 e. The summed E-state index contributed by atoms with van der Waals surface area (Å²) < 4.78 is 6.28. The summed E-state index contributed by atoms with van der Waals surface area (Å²) in [5.41, 5.74) is 10.2. The Hall–Kier alpha value is -4.92. The lowest BCUT2D eigenvalue weighted by atomic mass is 10.1. The van der Waals surface area contributed by atoms with Gasteiger partial charge >= 0.3 is 0 Å². The first-order valence-electron chi connectivity index (χ1n) is 17.3. The largest absolute Gasteiger partial charge is 0.363 e. The van der Waals surface area contributed by atoms with E-state index in [1.807, 2.05) is 46.0 Å². The number of fused-ring (bicyclic) bond motifs is 2. The summed E-state index contributed by atoms with van der Waals surface area (Å²) in [6.07, 6.45) is 18.2. The Morgan fingerprint density at radius 2 is 1.11 bits per heavy atom. The number of anilines is 1. The van der Waals surface area contributed by atoms with Crippen LogP contribution in [-0.4, -0.2) is 55.2 Å². The highest BCUT2D eigenvalue weighted by molar-refractivity contribution is 9.11. The molecule has 2 aliphatic carbocycles. The molecule has 0 radical (unpaired) electrons. The maximum absolute atomic E-state index is 4.57. The Bertz CT molecular complexity index is 2590. The second-order valence-corrected chi connectivity index (χ2v) is 15.6. The number of imidazole rings is 4. The zero-order chi connectivity index (χ0) is 36.1. The smallest absolute Gasteiger partial charge is 0.180 e. The number of hydrogen-bond donors (Lipinski definition) is 3. The summed E-state index contributed by atoms with van der Waals surface area (Å²) in [7, 11) is 0. The molecule has 0 saturated heterocycles. The van der Waals surface area contributed by atoms with Crippen LogP contribution in [0.5, 0.6) is 0 Å². The predicted octanol–water partition coefficient (Wildman–Crippen LogP) is 10.2. The fourth-order valence-corrected chi connectivity index (χ4v) is 7.82. The molecule has 0 atom stereocenters. The van der Waals surface area contributed by atoms with Gasteiger partial charge in [-0.3, -0.25) is 8.80 Å². The third-order valence-electron chi connectivity index (χ3n) is 9.40. The van der Waals surface area contributed by atoms with Crippen LogP contribution in [0.15, 0.2) is 112 Å². The molecule has 2 aromatic carbocycles. The van der Waals surface area contributed by atoms with Crippen LogP contribution in [0.25, 0.3) is 56.3 Å². The highest BCUT2D eigenvalue weighted by Crippen LogP contribution is 2.40. The number of rotatable bonds is 9. The zero-order valence-electron chi connectivity index (χ0n) is 28.3. The van der Waals surface area contributed by atoms with Crippen molar-refractivity contribution in [2.75, 3.05) is 11.9 Å². The molecule has 2 fully saturated rings. The maximum atomic E-state index is 4.57. The summed E-state index contributed by atoms with van der Waals surface area (Å²) in [6, 6.07) is 16.9. The van der Waals surface area contributed by atoms with Gasteiger partial charge in [0.05, 0.1) is 47.6 Å². The van der Waals surface area contributed by atoms with E-state index in [4.69, 9.17) is 0 Å². The number of hydrogen-bond acceptors (Lipinski definition) is 7. The minimum atomic E-state index is 0.627. The fourth-order valence-electron chi connectivity index (χ4n) is 6.33. The van der Waals surface area contributed by atoms with Gasteiger partial charge in [0.2, 0.25) is 0 Å². The molecule has 10 rings (SSSR count). The molecule has 2 saturated carbocycles. The van der Waals surface area contributed by atoms with Crippen LogP contribution in [-0.2, 0) is 0 Å². The van der Waals surface area contributed by atoms with Gasteiger partial charge in [0.1, 0.15) is 20.9 Å².